The highest BCUT2D eigenvalue weighted by Gasteiger charge is 2.35. The first-order chi connectivity index (χ1) is 20.0. The lowest BCUT2D eigenvalue weighted by Crippen LogP contribution is -2.54. The molecule has 226 valence electrons. The summed E-state index contributed by atoms with van der Waals surface area (Å²) in [4.78, 5) is 29.1. The SMILES string of the molecule is CCC(C)NC(=O)C(CC)N(CCc1ccccc1)C(=O)CN(c1cc(Cl)ccc1OC)S(=O)(=O)c1ccc(C)cc1. The Morgan fingerprint density at radius 3 is 2.24 bits per heavy atom. The highest BCUT2D eigenvalue weighted by molar-refractivity contribution is 7.92. The first-order valence-electron chi connectivity index (χ1n) is 14.1. The molecule has 0 saturated carbocycles. The smallest absolute Gasteiger partial charge is 0.264 e. The van der Waals surface area contributed by atoms with E-state index in [1.165, 1.54) is 30.2 Å². The molecule has 1 N–H and O–H groups in total. The van der Waals surface area contributed by atoms with Gasteiger partial charge in [0, 0.05) is 17.6 Å². The molecule has 0 fully saturated rings. The third-order valence-electron chi connectivity index (χ3n) is 7.17. The number of carbonyl (C=O) groups excluding carboxylic acids is 2. The van der Waals surface area contributed by atoms with Crippen LogP contribution < -0.4 is 14.4 Å². The van der Waals surface area contributed by atoms with Crippen molar-refractivity contribution < 1.29 is 22.7 Å². The average Bonchev–Trinajstić information content (AvgIpc) is 2.98. The lowest BCUT2D eigenvalue weighted by Gasteiger charge is -2.34. The Morgan fingerprint density at radius 2 is 1.64 bits per heavy atom. The molecule has 42 heavy (non-hydrogen) atoms. The number of ether oxygens (including phenoxy) is 1. The molecular weight excluding hydrogens is 574 g/mol. The summed E-state index contributed by atoms with van der Waals surface area (Å²) in [6.45, 7) is 7.23. The fourth-order valence-electron chi connectivity index (χ4n) is 4.55. The van der Waals surface area contributed by atoms with Gasteiger partial charge in [-0.2, -0.15) is 0 Å². The molecular formula is C32H40ClN3O5S. The van der Waals surface area contributed by atoms with E-state index in [1.807, 2.05) is 58.0 Å². The van der Waals surface area contributed by atoms with Gasteiger partial charge in [0.1, 0.15) is 18.3 Å². The largest absolute Gasteiger partial charge is 0.495 e. The standard InChI is InChI=1S/C32H40ClN3O5S/c1-6-24(4)34-32(38)28(7-2)35(20-19-25-11-9-8-10-12-25)31(37)22-36(29-21-26(33)15-18-30(29)41-5)42(39,40)27-16-13-23(3)14-17-27/h8-18,21,24,28H,6-7,19-20,22H2,1-5H3,(H,34,38). The summed E-state index contributed by atoms with van der Waals surface area (Å²) >= 11 is 6.30. The molecule has 3 aromatic carbocycles. The van der Waals surface area contributed by atoms with Crippen molar-refractivity contribution in [3.63, 3.8) is 0 Å². The molecule has 0 saturated heterocycles. The Hall–Kier alpha value is -3.56. The summed E-state index contributed by atoms with van der Waals surface area (Å²) in [7, 11) is -2.82. The van der Waals surface area contributed by atoms with E-state index in [0.717, 1.165) is 21.9 Å². The lowest BCUT2D eigenvalue weighted by molar-refractivity contribution is -0.139. The van der Waals surface area contributed by atoms with Gasteiger partial charge in [0.05, 0.1) is 17.7 Å². The number of anilines is 1. The highest BCUT2D eigenvalue weighted by Crippen LogP contribution is 2.35. The van der Waals surface area contributed by atoms with E-state index in [1.54, 1.807) is 24.3 Å². The van der Waals surface area contributed by atoms with E-state index in [0.29, 0.717) is 12.8 Å². The Labute approximate surface area is 254 Å². The second-order valence-electron chi connectivity index (χ2n) is 10.2. The molecule has 2 unspecified atom stereocenters. The Balaban J connectivity index is 2.08. The van der Waals surface area contributed by atoms with E-state index in [4.69, 9.17) is 16.3 Å². The highest BCUT2D eigenvalue weighted by atomic mass is 35.5. The Morgan fingerprint density at radius 1 is 0.976 bits per heavy atom. The Bertz CT molecular complexity index is 1450. The van der Waals surface area contributed by atoms with Crippen molar-refractivity contribution >= 4 is 39.1 Å². The van der Waals surface area contributed by atoms with Crippen LogP contribution in [0.25, 0.3) is 0 Å². The molecule has 2 atom stereocenters. The molecule has 0 spiro atoms. The van der Waals surface area contributed by atoms with Crippen LogP contribution in [0.5, 0.6) is 5.75 Å². The van der Waals surface area contributed by atoms with Gasteiger partial charge in [0.2, 0.25) is 11.8 Å². The summed E-state index contributed by atoms with van der Waals surface area (Å²) < 4.78 is 34.7. The number of aryl methyl sites for hydroxylation is 1. The van der Waals surface area contributed by atoms with Gasteiger partial charge in [0.25, 0.3) is 10.0 Å². The van der Waals surface area contributed by atoms with Crippen molar-refractivity contribution in [2.75, 3.05) is 24.5 Å². The molecule has 0 aromatic heterocycles. The minimum atomic E-state index is -4.24. The van der Waals surface area contributed by atoms with Crippen LogP contribution in [0.3, 0.4) is 0 Å². The number of halogens is 1. The van der Waals surface area contributed by atoms with E-state index in [-0.39, 0.29) is 39.8 Å². The minimum absolute atomic E-state index is 0.0142. The zero-order chi connectivity index (χ0) is 30.9. The van der Waals surface area contributed by atoms with Crippen molar-refractivity contribution in [2.45, 2.75) is 63.9 Å². The first kappa shape index (κ1) is 32.9. The van der Waals surface area contributed by atoms with Gasteiger partial charge in [-0.3, -0.25) is 13.9 Å². The van der Waals surface area contributed by atoms with Crippen molar-refractivity contribution in [3.05, 3.63) is 88.9 Å². The lowest BCUT2D eigenvalue weighted by atomic mass is 10.1. The zero-order valence-electron chi connectivity index (χ0n) is 24.8. The van der Waals surface area contributed by atoms with Gasteiger partial charge in [0.15, 0.2) is 0 Å². The van der Waals surface area contributed by atoms with Gasteiger partial charge in [-0.1, -0.05) is 73.5 Å². The van der Waals surface area contributed by atoms with Crippen LogP contribution in [-0.2, 0) is 26.0 Å². The minimum Gasteiger partial charge on any atom is -0.495 e. The second-order valence-corrected chi connectivity index (χ2v) is 12.5. The van der Waals surface area contributed by atoms with Crippen LogP contribution in [0.15, 0.2) is 77.7 Å². The molecule has 8 nitrogen and oxygen atoms in total. The molecule has 10 heteroatoms. The summed E-state index contributed by atoms with van der Waals surface area (Å²) in [5.74, 6) is -0.559. The van der Waals surface area contributed by atoms with Gasteiger partial charge in [-0.25, -0.2) is 8.42 Å². The molecule has 2 amide bonds. The third kappa shape index (κ3) is 8.26. The predicted molar refractivity (Wildman–Crippen MR) is 168 cm³/mol. The molecule has 3 rings (SSSR count). The topological polar surface area (TPSA) is 96.0 Å². The van der Waals surface area contributed by atoms with E-state index in [9.17, 15) is 18.0 Å². The monoisotopic (exact) mass is 613 g/mol. The van der Waals surface area contributed by atoms with Crippen LogP contribution >= 0.6 is 11.6 Å². The van der Waals surface area contributed by atoms with E-state index in [2.05, 4.69) is 5.32 Å². The van der Waals surface area contributed by atoms with Gasteiger partial charge in [-0.15, -0.1) is 0 Å². The predicted octanol–water partition coefficient (Wildman–Crippen LogP) is 5.62. The van der Waals surface area contributed by atoms with Crippen LogP contribution in [0.4, 0.5) is 5.69 Å². The maximum atomic E-state index is 14.2. The van der Waals surface area contributed by atoms with Crippen LogP contribution in [0.1, 0.15) is 44.7 Å². The second kappa shape index (κ2) is 15.1. The number of nitrogens with one attached hydrogen (secondary N) is 1. The van der Waals surface area contributed by atoms with Gasteiger partial charge in [-0.05, 0) is 69.0 Å². The van der Waals surface area contributed by atoms with E-state index < -0.39 is 28.5 Å². The molecule has 0 aliphatic rings. The number of nitrogens with zero attached hydrogens (tertiary/aromatic N) is 2. The van der Waals surface area contributed by atoms with E-state index >= 15 is 0 Å². The summed E-state index contributed by atoms with van der Waals surface area (Å²) in [6.07, 6.45) is 1.58. The number of methoxy groups -OCH3 is 1. The Kier molecular flexibility index (Phi) is 11.8. The summed E-state index contributed by atoms with van der Waals surface area (Å²) in [6, 6.07) is 19.8. The van der Waals surface area contributed by atoms with Gasteiger partial charge >= 0.3 is 0 Å². The summed E-state index contributed by atoms with van der Waals surface area (Å²) in [5, 5.41) is 3.26. The molecule has 0 aliphatic carbocycles. The number of carbonyl (C=O) groups is 2. The number of hydrogen-bond acceptors (Lipinski definition) is 5. The van der Waals surface area contributed by atoms with Crippen molar-refractivity contribution in [1.82, 2.24) is 10.2 Å². The van der Waals surface area contributed by atoms with Crippen LogP contribution in [0.2, 0.25) is 5.02 Å². The molecule has 0 radical (unpaired) electrons. The first-order valence-corrected chi connectivity index (χ1v) is 15.9. The zero-order valence-corrected chi connectivity index (χ0v) is 26.4. The maximum absolute atomic E-state index is 14.2. The third-order valence-corrected chi connectivity index (χ3v) is 9.18. The van der Waals surface area contributed by atoms with Crippen molar-refractivity contribution in [2.24, 2.45) is 0 Å². The number of benzene rings is 3. The van der Waals surface area contributed by atoms with Crippen LogP contribution in [-0.4, -0.2) is 57.4 Å². The number of amides is 2. The molecule has 0 heterocycles. The molecule has 3 aromatic rings. The fourth-order valence-corrected chi connectivity index (χ4v) is 6.13. The average molecular weight is 614 g/mol. The number of sulfonamides is 1. The van der Waals surface area contributed by atoms with Crippen molar-refractivity contribution in [1.29, 1.82) is 0 Å². The van der Waals surface area contributed by atoms with Gasteiger partial charge < -0.3 is 15.0 Å². The molecule has 0 bridgehead atoms. The maximum Gasteiger partial charge on any atom is 0.264 e. The fraction of sp³-hybridized carbons (Fsp3) is 0.375. The molecule has 0 aliphatic heterocycles. The number of hydrogen-bond donors (Lipinski definition) is 1. The van der Waals surface area contributed by atoms with Crippen molar-refractivity contribution in [3.8, 4) is 5.75 Å². The quantitative estimate of drug-likeness (QED) is 0.255. The van der Waals surface area contributed by atoms with Crippen LogP contribution in [0, 0.1) is 6.92 Å². The summed E-state index contributed by atoms with van der Waals surface area (Å²) in [5.41, 5.74) is 2.01. The normalized spacial score (nSPS) is 12.7. The number of rotatable bonds is 14.